The summed E-state index contributed by atoms with van der Waals surface area (Å²) in [5.74, 6) is 2.62. The van der Waals surface area contributed by atoms with E-state index < -0.39 is 0 Å². The molecule has 0 radical (unpaired) electrons. The molecule has 0 aromatic carbocycles. The molecule has 0 aromatic heterocycles. The summed E-state index contributed by atoms with van der Waals surface area (Å²) in [6.45, 7) is 12.2. The molecule has 2 heterocycles. The fraction of sp³-hybridized carbons (Fsp3) is 0.889. The number of amides is 2. The van der Waals surface area contributed by atoms with Crippen molar-refractivity contribution in [3.8, 4) is 0 Å². The van der Waals surface area contributed by atoms with Gasteiger partial charge in [-0.3, -0.25) is 9.59 Å². The normalized spacial score (nSPS) is 32.9. The number of carbonyl (C=O) groups excluding carboxylic acids is 2. The largest absolute Gasteiger partial charge is 0.342 e. The quantitative estimate of drug-likeness (QED) is 0.804. The summed E-state index contributed by atoms with van der Waals surface area (Å²) in [5, 5.41) is 0. The zero-order valence-electron chi connectivity index (χ0n) is 14.7. The molecule has 126 valence electrons. The number of nitrogens with zero attached hydrogens (tertiary/aromatic N) is 2. The third kappa shape index (κ3) is 4.72. The van der Waals surface area contributed by atoms with Crippen LogP contribution in [0.3, 0.4) is 0 Å². The predicted molar refractivity (Wildman–Crippen MR) is 88.3 cm³/mol. The van der Waals surface area contributed by atoms with Gasteiger partial charge in [-0.1, -0.05) is 27.7 Å². The zero-order chi connectivity index (χ0) is 16.3. The third-order valence-electron chi connectivity index (χ3n) is 5.00. The van der Waals surface area contributed by atoms with Gasteiger partial charge in [0.05, 0.1) is 0 Å². The lowest BCUT2D eigenvalue weighted by atomic mass is 9.91. The number of carbonyl (C=O) groups is 2. The van der Waals surface area contributed by atoms with Crippen LogP contribution in [0.4, 0.5) is 0 Å². The first-order chi connectivity index (χ1) is 10.3. The number of piperidine rings is 2. The van der Waals surface area contributed by atoms with E-state index in [1.165, 1.54) is 12.8 Å². The highest BCUT2D eigenvalue weighted by Gasteiger charge is 2.28. The fourth-order valence-electron chi connectivity index (χ4n) is 4.26. The van der Waals surface area contributed by atoms with Crippen molar-refractivity contribution in [3.05, 3.63) is 0 Å². The first-order valence-corrected chi connectivity index (χ1v) is 8.90. The molecule has 0 N–H and O–H groups in total. The molecule has 2 aliphatic heterocycles. The van der Waals surface area contributed by atoms with Crippen molar-refractivity contribution in [3.63, 3.8) is 0 Å². The van der Waals surface area contributed by atoms with Gasteiger partial charge in [-0.15, -0.1) is 0 Å². The van der Waals surface area contributed by atoms with Crippen LogP contribution in [0.25, 0.3) is 0 Å². The van der Waals surface area contributed by atoms with Gasteiger partial charge < -0.3 is 9.80 Å². The SMILES string of the molecule is C[C@@H]1C[C@H](C)CN(C(=O)CCC(=O)N2C[C@@H](C)C[C@H](C)C2)C1. The van der Waals surface area contributed by atoms with Gasteiger partial charge in [0.15, 0.2) is 0 Å². The topological polar surface area (TPSA) is 40.6 Å². The highest BCUT2D eigenvalue weighted by atomic mass is 16.2. The molecule has 22 heavy (non-hydrogen) atoms. The van der Waals surface area contributed by atoms with Crippen LogP contribution in [0.2, 0.25) is 0 Å². The second-order valence-electron chi connectivity index (χ2n) is 7.99. The van der Waals surface area contributed by atoms with Crippen molar-refractivity contribution in [1.29, 1.82) is 0 Å². The Morgan fingerprint density at radius 3 is 1.23 bits per heavy atom. The van der Waals surface area contributed by atoms with Crippen molar-refractivity contribution >= 4 is 11.8 Å². The summed E-state index contributed by atoms with van der Waals surface area (Å²) >= 11 is 0. The summed E-state index contributed by atoms with van der Waals surface area (Å²) in [6, 6.07) is 0. The van der Waals surface area contributed by atoms with Gasteiger partial charge in [0.1, 0.15) is 0 Å². The molecule has 0 spiro atoms. The highest BCUT2D eigenvalue weighted by Crippen LogP contribution is 2.23. The second-order valence-corrected chi connectivity index (χ2v) is 7.99. The Morgan fingerprint density at radius 2 is 0.955 bits per heavy atom. The second kappa shape index (κ2) is 7.47. The molecule has 0 aromatic rings. The maximum absolute atomic E-state index is 12.4. The van der Waals surface area contributed by atoms with E-state index in [9.17, 15) is 9.59 Å². The molecule has 2 saturated heterocycles. The predicted octanol–water partition coefficient (Wildman–Crippen LogP) is 2.78. The molecule has 0 unspecified atom stereocenters. The standard InChI is InChI=1S/C18H32N2O2/c1-13-7-14(2)10-19(9-13)17(21)5-6-18(22)20-11-15(3)8-16(4)12-20/h13-16H,5-12H2,1-4H3/t13-,14-,15-,16+/m0/s1. The molecule has 2 amide bonds. The minimum Gasteiger partial charge on any atom is -0.342 e. The van der Waals surface area contributed by atoms with Crippen LogP contribution in [0.5, 0.6) is 0 Å². The highest BCUT2D eigenvalue weighted by molar-refractivity contribution is 5.84. The van der Waals surface area contributed by atoms with E-state index in [1.807, 2.05) is 9.80 Å². The molecular formula is C18H32N2O2. The summed E-state index contributed by atoms with van der Waals surface area (Å²) in [5.41, 5.74) is 0. The zero-order valence-corrected chi connectivity index (χ0v) is 14.7. The minimum absolute atomic E-state index is 0.157. The number of likely N-dealkylation sites (tertiary alicyclic amines) is 2. The Labute approximate surface area is 135 Å². The fourth-order valence-corrected chi connectivity index (χ4v) is 4.26. The van der Waals surface area contributed by atoms with Crippen LogP contribution in [0, 0.1) is 23.7 Å². The van der Waals surface area contributed by atoms with E-state index in [1.54, 1.807) is 0 Å². The summed E-state index contributed by atoms with van der Waals surface area (Å²) < 4.78 is 0. The lowest BCUT2D eigenvalue weighted by Gasteiger charge is -2.36. The van der Waals surface area contributed by atoms with E-state index in [0.29, 0.717) is 36.5 Å². The number of hydrogen-bond acceptors (Lipinski definition) is 2. The van der Waals surface area contributed by atoms with Gasteiger partial charge in [0.2, 0.25) is 11.8 Å². The summed E-state index contributed by atoms with van der Waals surface area (Å²) in [4.78, 5) is 28.7. The Kier molecular flexibility index (Phi) is 5.87. The first-order valence-electron chi connectivity index (χ1n) is 8.90. The van der Waals surface area contributed by atoms with Crippen molar-refractivity contribution in [2.75, 3.05) is 26.2 Å². The molecule has 2 rings (SSSR count). The molecule has 4 nitrogen and oxygen atoms in total. The molecule has 2 aliphatic rings. The lowest BCUT2D eigenvalue weighted by molar-refractivity contribution is -0.139. The molecular weight excluding hydrogens is 276 g/mol. The average molecular weight is 308 g/mol. The summed E-state index contributed by atoms with van der Waals surface area (Å²) in [6.07, 6.45) is 3.15. The monoisotopic (exact) mass is 308 g/mol. The molecule has 4 atom stereocenters. The van der Waals surface area contributed by atoms with Crippen LogP contribution >= 0.6 is 0 Å². The first kappa shape index (κ1) is 17.3. The van der Waals surface area contributed by atoms with Crippen LogP contribution in [0.1, 0.15) is 53.4 Å². The van der Waals surface area contributed by atoms with Crippen molar-refractivity contribution in [2.24, 2.45) is 23.7 Å². The van der Waals surface area contributed by atoms with Crippen LogP contribution < -0.4 is 0 Å². The average Bonchev–Trinajstić information content (AvgIpc) is 2.42. The maximum atomic E-state index is 12.4. The van der Waals surface area contributed by atoms with Crippen molar-refractivity contribution in [2.45, 2.75) is 53.4 Å². The third-order valence-corrected chi connectivity index (χ3v) is 5.00. The molecule has 0 saturated carbocycles. The van der Waals surface area contributed by atoms with Crippen LogP contribution in [-0.2, 0) is 9.59 Å². The molecule has 0 bridgehead atoms. The van der Waals surface area contributed by atoms with Crippen molar-refractivity contribution in [1.82, 2.24) is 9.80 Å². The number of hydrogen-bond donors (Lipinski definition) is 0. The van der Waals surface area contributed by atoms with Gasteiger partial charge >= 0.3 is 0 Å². The van der Waals surface area contributed by atoms with E-state index in [4.69, 9.17) is 0 Å². The maximum Gasteiger partial charge on any atom is 0.223 e. The summed E-state index contributed by atoms with van der Waals surface area (Å²) in [7, 11) is 0. The molecule has 4 heteroatoms. The lowest BCUT2D eigenvalue weighted by Crippen LogP contribution is -2.44. The van der Waals surface area contributed by atoms with E-state index in [-0.39, 0.29) is 11.8 Å². The van der Waals surface area contributed by atoms with Crippen molar-refractivity contribution < 1.29 is 9.59 Å². The minimum atomic E-state index is 0.157. The van der Waals surface area contributed by atoms with E-state index >= 15 is 0 Å². The Bertz CT molecular complexity index is 352. The van der Waals surface area contributed by atoms with Gasteiger partial charge in [0.25, 0.3) is 0 Å². The number of rotatable bonds is 3. The van der Waals surface area contributed by atoms with Gasteiger partial charge in [-0.25, -0.2) is 0 Å². The Balaban J connectivity index is 1.79. The molecule has 0 aliphatic carbocycles. The smallest absolute Gasteiger partial charge is 0.223 e. The van der Waals surface area contributed by atoms with Gasteiger partial charge in [-0.2, -0.15) is 0 Å². The van der Waals surface area contributed by atoms with Gasteiger partial charge in [-0.05, 0) is 36.5 Å². The van der Waals surface area contributed by atoms with Crippen LogP contribution in [0.15, 0.2) is 0 Å². The Morgan fingerprint density at radius 1 is 0.682 bits per heavy atom. The molecule has 2 fully saturated rings. The Hall–Kier alpha value is -1.06. The van der Waals surface area contributed by atoms with E-state index in [0.717, 1.165) is 26.2 Å². The van der Waals surface area contributed by atoms with Gasteiger partial charge in [0, 0.05) is 39.0 Å². The van der Waals surface area contributed by atoms with E-state index in [2.05, 4.69) is 27.7 Å². The van der Waals surface area contributed by atoms with Crippen LogP contribution in [-0.4, -0.2) is 47.8 Å².